The molecule has 0 radical (unpaired) electrons. The Bertz CT molecular complexity index is 710. The summed E-state index contributed by atoms with van der Waals surface area (Å²) in [6, 6.07) is 17.4. The molecule has 2 aromatic carbocycles. The largest absolute Gasteiger partial charge is 0.355 e. The molecule has 0 aromatic heterocycles. The van der Waals surface area contributed by atoms with Gasteiger partial charge in [-0.1, -0.05) is 54.1 Å². The summed E-state index contributed by atoms with van der Waals surface area (Å²) in [6.45, 7) is 3.76. The predicted octanol–water partition coefficient (Wildman–Crippen LogP) is 3.10. The maximum Gasteiger partial charge on any atom is 0.220 e. The average molecular weight is 322 g/mol. The maximum atomic E-state index is 12.2. The third kappa shape index (κ3) is 4.24. The summed E-state index contributed by atoms with van der Waals surface area (Å²) in [5.41, 5.74) is 5.29. The summed E-state index contributed by atoms with van der Waals surface area (Å²) in [4.78, 5) is 14.5. The third-order valence-electron chi connectivity index (χ3n) is 4.88. The molecule has 24 heavy (non-hydrogen) atoms. The Balaban J connectivity index is 1.48. The Morgan fingerprint density at radius 3 is 2.75 bits per heavy atom. The number of carbonyl (C=O) groups is 1. The van der Waals surface area contributed by atoms with Crippen LogP contribution in [0.25, 0.3) is 0 Å². The monoisotopic (exact) mass is 322 g/mol. The molecule has 0 fully saturated rings. The number of nitrogens with zero attached hydrogens (tertiary/aromatic N) is 1. The number of fused-ring (bicyclic) bond motifs is 1. The molecule has 3 heteroatoms. The van der Waals surface area contributed by atoms with E-state index in [0.29, 0.717) is 12.5 Å². The van der Waals surface area contributed by atoms with Crippen molar-refractivity contribution >= 4 is 5.91 Å². The Morgan fingerprint density at radius 2 is 1.96 bits per heavy atom. The molecular formula is C21H26N2O. The van der Waals surface area contributed by atoms with Crippen molar-refractivity contribution in [2.75, 3.05) is 13.6 Å². The first-order valence-electron chi connectivity index (χ1n) is 8.71. The molecule has 1 unspecified atom stereocenters. The van der Waals surface area contributed by atoms with Crippen molar-refractivity contribution in [3.8, 4) is 0 Å². The van der Waals surface area contributed by atoms with Gasteiger partial charge in [-0.05, 0) is 43.5 Å². The minimum Gasteiger partial charge on any atom is -0.355 e. The normalized spacial score (nSPS) is 17.3. The summed E-state index contributed by atoms with van der Waals surface area (Å²) in [7, 11) is 2.14. The number of aryl methyl sites for hydroxylation is 2. The van der Waals surface area contributed by atoms with Crippen molar-refractivity contribution in [1.82, 2.24) is 10.2 Å². The number of rotatable bonds is 5. The lowest BCUT2D eigenvalue weighted by Crippen LogP contribution is -2.45. The molecule has 1 atom stereocenters. The van der Waals surface area contributed by atoms with Crippen molar-refractivity contribution in [3.05, 3.63) is 70.8 Å². The molecular weight excluding hydrogens is 296 g/mol. The zero-order valence-corrected chi connectivity index (χ0v) is 14.6. The van der Waals surface area contributed by atoms with Crippen molar-refractivity contribution in [2.24, 2.45) is 0 Å². The van der Waals surface area contributed by atoms with E-state index in [1.165, 1.54) is 22.3 Å². The highest BCUT2D eigenvalue weighted by Gasteiger charge is 2.23. The van der Waals surface area contributed by atoms with Crippen molar-refractivity contribution in [3.63, 3.8) is 0 Å². The number of likely N-dealkylation sites (N-methyl/N-ethyl adjacent to an activating group) is 1. The second-order valence-electron chi connectivity index (χ2n) is 6.83. The minimum atomic E-state index is 0.142. The topological polar surface area (TPSA) is 32.3 Å². The van der Waals surface area contributed by atoms with Crippen LogP contribution in [0.2, 0.25) is 0 Å². The lowest BCUT2D eigenvalue weighted by molar-refractivity contribution is -0.121. The molecule has 126 valence electrons. The Hall–Kier alpha value is -2.13. The predicted molar refractivity (Wildman–Crippen MR) is 97.9 cm³/mol. The molecule has 3 nitrogen and oxygen atoms in total. The van der Waals surface area contributed by atoms with Crippen molar-refractivity contribution in [2.45, 2.75) is 38.8 Å². The van der Waals surface area contributed by atoms with Crippen LogP contribution in [0.1, 0.15) is 28.7 Å². The van der Waals surface area contributed by atoms with Crippen LogP contribution in [-0.2, 0) is 24.2 Å². The van der Waals surface area contributed by atoms with E-state index in [9.17, 15) is 4.79 Å². The van der Waals surface area contributed by atoms with E-state index in [4.69, 9.17) is 0 Å². The molecule has 0 aliphatic carbocycles. The fraction of sp³-hybridized carbons (Fsp3) is 0.381. The fourth-order valence-electron chi connectivity index (χ4n) is 3.39. The van der Waals surface area contributed by atoms with Gasteiger partial charge in [-0.3, -0.25) is 9.69 Å². The number of carbonyl (C=O) groups excluding carboxylic acids is 1. The van der Waals surface area contributed by atoms with E-state index in [2.05, 4.69) is 72.7 Å². The number of hydrogen-bond acceptors (Lipinski definition) is 2. The average Bonchev–Trinajstić information content (AvgIpc) is 2.58. The minimum absolute atomic E-state index is 0.142. The van der Waals surface area contributed by atoms with Crippen LogP contribution < -0.4 is 5.32 Å². The van der Waals surface area contributed by atoms with Gasteiger partial charge < -0.3 is 5.32 Å². The molecule has 1 heterocycles. The molecule has 0 spiro atoms. The van der Waals surface area contributed by atoms with Crippen LogP contribution in [0.4, 0.5) is 0 Å². The first kappa shape index (κ1) is 16.7. The van der Waals surface area contributed by atoms with Gasteiger partial charge >= 0.3 is 0 Å². The van der Waals surface area contributed by atoms with Gasteiger partial charge in [-0.15, -0.1) is 0 Å². The molecule has 0 bridgehead atoms. The number of amides is 1. The van der Waals surface area contributed by atoms with Crippen LogP contribution in [-0.4, -0.2) is 30.4 Å². The van der Waals surface area contributed by atoms with Crippen LogP contribution in [0, 0.1) is 6.92 Å². The Labute approximate surface area is 144 Å². The van der Waals surface area contributed by atoms with E-state index in [0.717, 1.165) is 25.9 Å². The van der Waals surface area contributed by atoms with Crippen LogP contribution in [0.3, 0.4) is 0 Å². The van der Waals surface area contributed by atoms with Gasteiger partial charge in [-0.2, -0.15) is 0 Å². The SMILES string of the molecule is Cc1cccc(CCC(=O)NCC2Cc3ccccc3CN2C)c1. The summed E-state index contributed by atoms with van der Waals surface area (Å²) < 4.78 is 0. The lowest BCUT2D eigenvalue weighted by atomic mass is 9.94. The Morgan fingerprint density at radius 1 is 1.17 bits per heavy atom. The second kappa shape index (κ2) is 7.63. The summed E-state index contributed by atoms with van der Waals surface area (Å²) in [5.74, 6) is 0.142. The highest BCUT2D eigenvalue weighted by atomic mass is 16.1. The molecule has 1 N–H and O–H groups in total. The number of nitrogens with one attached hydrogen (secondary N) is 1. The van der Waals surface area contributed by atoms with E-state index in [1.807, 2.05) is 0 Å². The smallest absolute Gasteiger partial charge is 0.220 e. The van der Waals surface area contributed by atoms with Gasteiger partial charge in [0.25, 0.3) is 0 Å². The number of benzene rings is 2. The lowest BCUT2D eigenvalue weighted by Gasteiger charge is -2.34. The van der Waals surface area contributed by atoms with Crippen molar-refractivity contribution < 1.29 is 4.79 Å². The third-order valence-corrected chi connectivity index (χ3v) is 4.88. The molecule has 3 rings (SSSR count). The number of hydrogen-bond donors (Lipinski definition) is 1. The van der Waals surface area contributed by atoms with Gasteiger partial charge in [0.1, 0.15) is 0 Å². The highest BCUT2D eigenvalue weighted by Crippen LogP contribution is 2.21. The standard InChI is InChI=1S/C21H26N2O/c1-16-6-5-7-17(12-16)10-11-21(24)22-14-20-13-18-8-3-4-9-19(18)15-23(20)2/h3-9,12,20H,10-11,13-15H2,1-2H3,(H,22,24). The van der Waals surface area contributed by atoms with Gasteiger partial charge in [0.05, 0.1) is 0 Å². The van der Waals surface area contributed by atoms with E-state index in [1.54, 1.807) is 0 Å². The summed E-state index contributed by atoms with van der Waals surface area (Å²) in [6.07, 6.45) is 2.36. The van der Waals surface area contributed by atoms with Gasteiger partial charge in [0.2, 0.25) is 5.91 Å². The molecule has 0 saturated carbocycles. The zero-order valence-electron chi connectivity index (χ0n) is 14.6. The van der Waals surface area contributed by atoms with Gasteiger partial charge in [0, 0.05) is 25.6 Å². The Kier molecular flexibility index (Phi) is 5.31. The summed E-state index contributed by atoms with van der Waals surface area (Å²) in [5, 5.41) is 3.12. The molecule has 1 amide bonds. The van der Waals surface area contributed by atoms with Crippen LogP contribution in [0.5, 0.6) is 0 Å². The second-order valence-corrected chi connectivity index (χ2v) is 6.83. The quantitative estimate of drug-likeness (QED) is 0.917. The summed E-state index contributed by atoms with van der Waals surface area (Å²) >= 11 is 0. The van der Waals surface area contributed by atoms with Crippen LogP contribution in [0.15, 0.2) is 48.5 Å². The first-order valence-corrected chi connectivity index (χ1v) is 8.71. The van der Waals surface area contributed by atoms with Crippen LogP contribution >= 0.6 is 0 Å². The zero-order chi connectivity index (χ0) is 16.9. The molecule has 1 aliphatic rings. The molecule has 2 aromatic rings. The van der Waals surface area contributed by atoms with E-state index in [-0.39, 0.29) is 5.91 Å². The van der Waals surface area contributed by atoms with Gasteiger partial charge in [-0.25, -0.2) is 0 Å². The fourth-order valence-corrected chi connectivity index (χ4v) is 3.39. The van der Waals surface area contributed by atoms with E-state index >= 15 is 0 Å². The van der Waals surface area contributed by atoms with Gasteiger partial charge in [0.15, 0.2) is 0 Å². The first-order chi connectivity index (χ1) is 11.6. The van der Waals surface area contributed by atoms with E-state index < -0.39 is 0 Å². The molecule has 0 saturated heterocycles. The maximum absolute atomic E-state index is 12.2. The molecule has 1 aliphatic heterocycles. The van der Waals surface area contributed by atoms with Crippen molar-refractivity contribution in [1.29, 1.82) is 0 Å². The highest BCUT2D eigenvalue weighted by molar-refractivity contribution is 5.76.